The van der Waals surface area contributed by atoms with Crippen LogP contribution in [0, 0.1) is 0 Å². The first kappa shape index (κ1) is 16.0. The van der Waals surface area contributed by atoms with E-state index in [9.17, 15) is 18.0 Å². The third-order valence-electron chi connectivity index (χ3n) is 1.71. The minimum Gasteiger partial charge on any atom is -0.481 e. The topological polar surface area (TPSA) is 74.6 Å². The summed E-state index contributed by atoms with van der Waals surface area (Å²) in [5.41, 5.74) is 1.08. The molecule has 0 bridgehead atoms. The highest BCUT2D eigenvalue weighted by atomic mass is 19.4. The summed E-state index contributed by atoms with van der Waals surface area (Å²) in [7, 11) is 0. The maximum atomic E-state index is 10.6. The number of benzene rings is 1. The molecule has 0 spiro atoms. The van der Waals surface area contributed by atoms with Crippen LogP contribution in [0.4, 0.5) is 13.2 Å². The van der Waals surface area contributed by atoms with E-state index in [1.165, 1.54) is 0 Å². The van der Waals surface area contributed by atoms with Crippen LogP contribution in [0.5, 0.6) is 0 Å². The smallest absolute Gasteiger partial charge is 0.481 e. The molecular weight excluding hydrogens is 253 g/mol. The van der Waals surface area contributed by atoms with Gasteiger partial charge in [-0.25, -0.2) is 4.79 Å². The molecular formula is C11H11F3O4. The van der Waals surface area contributed by atoms with Gasteiger partial charge in [-0.2, -0.15) is 13.2 Å². The molecule has 0 aliphatic heterocycles. The summed E-state index contributed by atoms with van der Waals surface area (Å²) in [6.45, 7) is 0. The SMILES string of the molecule is O=C(O)C(F)(F)F.O=C(O)CCc1ccccc1. The van der Waals surface area contributed by atoms with E-state index >= 15 is 0 Å². The Kier molecular flexibility index (Phi) is 6.48. The van der Waals surface area contributed by atoms with Gasteiger partial charge >= 0.3 is 18.1 Å². The quantitative estimate of drug-likeness (QED) is 0.878. The van der Waals surface area contributed by atoms with Crippen molar-refractivity contribution in [2.45, 2.75) is 19.0 Å². The molecule has 1 rings (SSSR count). The summed E-state index contributed by atoms with van der Waals surface area (Å²) < 4.78 is 31.7. The Hall–Kier alpha value is -2.05. The molecule has 0 aromatic heterocycles. The average Bonchev–Trinajstić information content (AvgIpc) is 2.27. The summed E-state index contributed by atoms with van der Waals surface area (Å²) in [5.74, 6) is -3.50. The zero-order valence-corrected chi connectivity index (χ0v) is 9.15. The van der Waals surface area contributed by atoms with Crippen LogP contribution in [0.1, 0.15) is 12.0 Å². The van der Waals surface area contributed by atoms with Crippen LogP contribution in [0.15, 0.2) is 30.3 Å². The van der Waals surface area contributed by atoms with E-state index < -0.39 is 18.1 Å². The largest absolute Gasteiger partial charge is 0.490 e. The van der Waals surface area contributed by atoms with Crippen molar-refractivity contribution < 1.29 is 33.0 Å². The highest BCUT2D eigenvalue weighted by Crippen LogP contribution is 2.13. The highest BCUT2D eigenvalue weighted by Gasteiger charge is 2.38. The first-order valence-electron chi connectivity index (χ1n) is 4.79. The van der Waals surface area contributed by atoms with E-state index in [0.29, 0.717) is 6.42 Å². The fourth-order valence-electron chi connectivity index (χ4n) is 0.896. The summed E-state index contributed by atoms with van der Waals surface area (Å²) in [6, 6.07) is 9.62. The first-order chi connectivity index (χ1) is 8.23. The van der Waals surface area contributed by atoms with Gasteiger partial charge in [0.25, 0.3) is 0 Å². The van der Waals surface area contributed by atoms with Gasteiger partial charge in [-0.3, -0.25) is 4.79 Å². The van der Waals surface area contributed by atoms with Gasteiger partial charge < -0.3 is 10.2 Å². The van der Waals surface area contributed by atoms with Gasteiger partial charge in [0, 0.05) is 6.42 Å². The number of halogens is 3. The molecule has 0 heterocycles. The van der Waals surface area contributed by atoms with Gasteiger partial charge in [0.15, 0.2) is 0 Å². The second-order valence-corrected chi connectivity index (χ2v) is 3.18. The standard InChI is InChI=1S/C9H10O2.C2HF3O2/c10-9(11)7-6-8-4-2-1-3-5-8;3-2(4,5)1(6)7/h1-5H,6-7H2,(H,10,11);(H,6,7). The number of hydrogen-bond acceptors (Lipinski definition) is 2. The zero-order valence-electron chi connectivity index (χ0n) is 9.15. The van der Waals surface area contributed by atoms with Gasteiger partial charge in [0.1, 0.15) is 0 Å². The van der Waals surface area contributed by atoms with Crippen molar-refractivity contribution in [3.63, 3.8) is 0 Å². The molecule has 0 fully saturated rings. The Morgan fingerprint density at radius 2 is 1.50 bits per heavy atom. The molecule has 0 atom stereocenters. The number of hydrogen-bond donors (Lipinski definition) is 2. The predicted molar refractivity (Wildman–Crippen MR) is 56.1 cm³/mol. The van der Waals surface area contributed by atoms with E-state index in [-0.39, 0.29) is 6.42 Å². The number of aliphatic carboxylic acids is 2. The van der Waals surface area contributed by atoms with Crippen LogP contribution in [-0.2, 0) is 16.0 Å². The highest BCUT2D eigenvalue weighted by molar-refractivity contribution is 5.73. The third kappa shape index (κ3) is 8.14. The van der Waals surface area contributed by atoms with Crippen LogP contribution in [0.3, 0.4) is 0 Å². The van der Waals surface area contributed by atoms with Gasteiger partial charge in [0.2, 0.25) is 0 Å². The van der Waals surface area contributed by atoms with Gasteiger partial charge in [-0.1, -0.05) is 30.3 Å². The monoisotopic (exact) mass is 264 g/mol. The molecule has 2 N–H and O–H groups in total. The van der Waals surface area contributed by atoms with Crippen LogP contribution in [0.2, 0.25) is 0 Å². The van der Waals surface area contributed by atoms with Gasteiger partial charge in [0.05, 0.1) is 0 Å². The Balaban J connectivity index is 0.000000360. The van der Waals surface area contributed by atoms with Gasteiger partial charge in [-0.05, 0) is 12.0 Å². The maximum Gasteiger partial charge on any atom is 0.490 e. The van der Waals surface area contributed by atoms with Crippen LogP contribution in [0.25, 0.3) is 0 Å². The van der Waals surface area contributed by atoms with Crippen molar-refractivity contribution in [1.29, 1.82) is 0 Å². The second-order valence-electron chi connectivity index (χ2n) is 3.18. The molecule has 4 nitrogen and oxygen atoms in total. The lowest BCUT2D eigenvalue weighted by Crippen LogP contribution is -2.21. The van der Waals surface area contributed by atoms with Crippen LogP contribution >= 0.6 is 0 Å². The van der Waals surface area contributed by atoms with E-state index in [1.807, 2.05) is 30.3 Å². The molecule has 0 unspecified atom stereocenters. The number of rotatable bonds is 3. The molecule has 0 saturated heterocycles. The van der Waals surface area contributed by atoms with Crippen molar-refractivity contribution in [3.05, 3.63) is 35.9 Å². The second kappa shape index (κ2) is 7.31. The molecule has 0 aliphatic carbocycles. The third-order valence-corrected chi connectivity index (χ3v) is 1.71. The lowest BCUT2D eigenvalue weighted by Gasteiger charge is -1.95. The minimum atomic E-state index is -5.08. The Morgan fingerprint density at radius 3 is 1.83 bits per heavy atom. The number of aryl methyl sites for hydroxylation is 1. The molecule has 0 radical (unpaired) electrons. The summed E-state index contributed by atoms with van der Waals surface area (Å²) in [6.07, 6.45) is -4.25. The number of carbonyl (C=O) groups is 2. The minimum absolute atomic E-state index is 0.212. The molecule has 7 heteroatoms. The molecule has 1 aromatic carbocycles. The Labute approximate surface area is 101 Å². The molecule has 0 amide bonds. The van der Waals surface area contributed by atoms with Crippen molar-refractivity contribution in [3.8, 4) is 0 Å². The number of carboxylic acid groups (broad SMARTS) is 2. The van der Waals surface area contributed by atoms with E-state index in [4.69, 9.17) is 15.0 Å². The van der Waals surface area contributed by atoms with E-state index in [2.05, 4.69) is 0 Å². The van der Waals surface area contributed by atoms with Crippen molar-refractivity contribution in [1.82, 2.24) is 0 Å². The molecule has 0 saturated carbocycles. The fraction of sp³-hybridized carbons (Fsp3) is 0.273. The predicted octanol–water partition coefficient (Wildman–Crippen LogP) is 2.34. The van der Waals surface area contributed by atoms with Crippen molar-refractivity contribution in [2.75, 3.05) is 0 Å². The van der Waals surface area contributed by atoms with Crippen LogP contribution in [-0.4, -0.2) is 28.3 Å². The van der Waals surface area contributed by atoms with E-state index in [1.54, 1.807) is 0 Å². The first-order valence-corrected chi connectivity index (χ1v) is 4.79. The lowest BCUT2D eigenvalue weighted by molar-refractivity contribution is -0.192. The fourth-order valence-corrected chi connectivity index (χ4v) is 0.896. The molecule has 18 heavy (non-hydrogen) atoms. The Morgan fingerprint density at radius 1 is 1.06 bits per heavy atom. The maximum absolute atomic E-state index is 10.6. The normalized spacial score (nSPS) is 10.2. The van der Waals surface area contributed by atoms with Crippen molar-refractivity contribution >= 4 is 11.9 Å². The number of carboxylic acids is 2. The van der Waals surface area contributed by atoms with Crippen LogP contribution < -0.4 is 0 Å². The average molecular weight is 264 g/mol. The van der Waals surface area contributed by atoms with Gasteiger partial charge in [-0.15, -0.1) is 0 Å². The lowest BCUT2D eigenvalue weighted by atomic mass is 10.1. The zero-order chi connectivity index (χ0) is 14.2. The molecule has 1 aromatic rings. The van der Waals surface area contributed by atoms with E-state index in [0.717, 1.165) is 5.56 Å². The number of alkyl halides is 3. The molecule has 100 valence electrons. The summed E-state index contributed by atoms with van der Waals surface area (Å²) in [4.78, 5) is 19.1. The summed E-state index contributed by atoms with van der Waals surface area (Å²) in [5, 5.41) is 15.5. The van der Waals surface area contributed by atoms with Crippen molar-refractivity contribution in [2.24, 2.45) is 0 Å². The molecule has 0 aliphatic rings. The summed E-state index contributed by atoms with van der Waals surface area (Å²) >= 11 is 0. The Bertz CT molecular complexity index is 387.